The molecule has 35 heavy (non-hydrogen) atoms. The van der Waals surface area contributed by atoms with Crippen molar-refractivity contribution < 1.29 is 25.2 Å². The van der Waals surface area contributed by atoms with Crippen molar-refractivity contribution in [3.63, 3.8) is 0 Å². The van der Waals surface area contributed by atoms with E-state index in [4.69, 9.17) is 14.2 Å². The monoisotopic (exact) mass is 486 g/mol. The van der Waals surface area contributed by atoms with Crippen molar-refractivity contribution in [1.29, 1.82) is 0 Å². The van der Waals surface area contributed by atoms with Gasteiger partial charge in [-0.2, -0.15) is 0 Å². The Morgan fingerprint density at radius 2 is 1.00 bits per heavy atom. The van der Waals surface area contributed by atoms with Crippen LogP contribution in [0, 0.1) is 13.8 Å². The molecule has 0 unspecified atom stereocenters. The highest BCUT2D eigenvalue weighted by Crippen LogP contribution is 2.38. The molecule has 0 aliphatic carbocycles. The molecule has 0 fully saturated rings. The van der Waals surface area contributed by atoms with Gasteiger partial charge in [0.1, 0.15) is 0 Å². The van der Waals surface area contributed by atoms with Gasteiger partial charge in [0.15, 0.2) is 11.5 Å². The predicted molar refractivity (Wildman–Crippen MR) is 152 cm³/mol. The van der Waals surface area contributed by atoms with Crippen molar-refractivity contribution in [2.45, 2.75) is 48.0 Å². The Balaban J connectivity index is -0.000000613. The van der Waals surface area contributed by atoms with E-state index in [1.807, 2.05) is 50.3 Å². The van der Waals surface area contributed by atoms with Crippen LogP contribution in [0.3, 0.4) is 0 Å². The standard InChI is InChI=1S/C18H20O3.C7H8.C3H8.C2H6.2H2O/c1-13-5-7-14(8-6-13)9-10-15-11-16(19-2)18(21-4)17(12-15)20-3;1-7-5-3-2-4-6-7;1-3-2;1-2;;/h5-12H,1-4H3;2-6H,1H3;3H2,1-2H3;1-2H3;2*1H2/b10-9-;;;;;. The zero-order valence-electron chi connectivity index (χ0n) is 22.9. The third-order valence-electron chi connectivity index (χ3n) is 4.17. The summed E-state index contributed by atoms with van der Waals surface area (Å²) in [5.41, 5.74) is 4.71. The van der Waals surface area contributed by atoms with E-state index >= 15 is 0 Å². The molecule has 0 aliphatic heterocycles. The van der Waals surface area contributed by atoms with Gasteiger partial charge in [0.05, 0.1) is 21.3 Å². The molecular formula is C30H46O5. The second kappa shape index (κ2) is 22.5. The number of methoxy groups -OCH3 is 3. The van der Waals surface area contributed by atoms with Gasteiger partial charge in [-0.05, 0) is 37.1 Å². The second-order valence-corrected chi connectivity index (χ2v) is 7.06. The minimum atomic E-state index is 0. The second-order valence-electron chi connectivity index (χ2n) is 7.06. The molecule has 3 rings (SSSR count). The number of aryl methyl sites for hydroxylation is 2. The number of benzene rings is 3. The topological polar surface area (TPSA) is 90.7 Å². The zero-order valence-corrected chi connectivity index (χ0v) is 22.9. The van der Waals surface area contributed by atoms with Crippen LogP contribution in [0.15, 0.2) is 66.7 Å². The van der Waals surface area contributed by atoms with Gasteiger partial charge in [-0.25, -0.2) is 0 Å². The molecule has 0 atom stereocenters. The molecule has 196 valence electrons. The fourth-order valence-electron chi connectivity index (χ4n) is 2.60. The maximum Gasteiger partial charge on any atom is 0.203 e. The van der Waals surface area contributed by atoms with Crippen LogP contribution in [0.4, 0.5) is 0 Å². The molecule has 0 saturated carbocycles. The molecule has 0 spiro atoms. The van der Waals surface area contributed by atoms with E-state index in [0.29, 0.717) is 17.2 Å². The van der Waals surface area contributed by atoms with Crippen LogP contribution in [-0.4, -0.2) is 32.3 Å². The summed E-state index contributed by atoms with van der Waals surface area (Å²) in [5.74, 6) is 1.91. The number of hydrogen-bond acceptors (Lipinski definition) is 3. The van der Waals surface area contributed by atoms with E-state index < -0.39 is 0 Å². The van der Waals surface area contributed by atoms with E-state index in [2.05, 4.69) is 70.2 Å². The van der Waals surface area contributed by atoms with Gasteiger partial charge in [-0.3, -0.25) is 0 Å². The Morgan fingerprint density at radius 1 is 0.600 bits per heavy atom. The summed E-state index contributed by atoms with van der Waals surface area (Å²) in [6.07, 6.45) is 5.33. The van der Waals surface area contributed by atoms with E-state index in [-0.39, 0.29) is 11.0 Å². The van der Waals surface area contributed by atoms with Gasteiger partial charge in [-0.15, -0.1) is 0 Å². The lowest BCUT2D eigenvalue weighted by Gasteiger charge is -2.12. The van der Waals surface area contributed by atoms with Gasteiger partial charge in [-0.1, -0.05) is 112 Å². The Bertz CT molecular complexity index is 879. The summed E-state index contributed by atoms with van der Waals surface area (Å²) in [4.78, 5) is 0. The fraction of sp³-hybridized carbons (Fsp3) is 0.333. The Labute approximate surface area is 213 Å². The summed E-state index contributed by atoms with van der Waals surface area (Å²) in [5, 5.41) is 0. The minimum Gasteiger partial charge on any atom is -0.493 e. The Kier molecular flexibility index (Phi) is 23.3. The first-order chi connectivity index (χ1) is 16.0. The minimum absolute atomic E-state index is 0. The largest absolute Gasteiger partial charge is 0.493 e. The Hall–Kier alpha value is -3.28. The molecule has 0 amide bonds. The van der Waals surface area contributed by atoms with Crippen LogP contribution in [0.25, 0.3) is 12.2 Å². The summed E-state index contributed by atoms with van der Waals surface area (Å²) < 4.78 is 16.0. The zero-order chi connectivity index (χ0) is 25.1. The average molecular weight is 487 g/mol. The van der Waals surface area contributed by atoms with E-state index in [0.717, 1.165) is 11.1 Å². The highest BCUT2D eigenvalue weighted by molar-refractivity contribution is 5.72. The SMILES string of the molecule is CC.CCC.COc1cc(/C=C\c2ccc(C)cc2)cc(OC)c1OC.Cc1ccccc1.O.O. The quantitative estimate of drug-likeness (QED) is 0.364. The van der Waals surface area contributed by atoms with Crippen molar-refractivity contribution in [3.8, 4) is 17.2 Å². The smallest absolute Gasteiger partial charge is 0.203 e. The van der Waals surface area contributed by atoms with Crippen molar-refractivity contribution in [3.05, 3.63) is 89.0 Å². The van der Waals surface area contributed by atoms with E-state index in [1.54, 1.807) is 21.3 Å². The van der Waals surface area contributed by atoms with Crippen molar-refractivity contribution in [2.24, 2.45) is 0 Å². The van der Waals surface area contributed by atoms with Gasteiger partial charge in [0, 0.05) is 0 Å². The maximum atomic E-state index is 5.35. The molecule has 0 heterocycles. The molecule has 0 saturated heterocycles. The third kappa shape index (κ3) is 14.6. The van der Waals surface area contributed by atoms with Crippen LogP contribution in [0.2, 0.25) is 0 Å². The van der Waals surface area contributed by atoms with Crippen LogP contribution in [0.5, 0.6) is 17.2 Å². The highest BCUT2D eigenvalue weighted by atomic mass is 16.5. The fourth-order valence-corrected chi connectivity index (χ4v) is 2.60. The average Bonchev–Trinajstić information content (AvgIpc) is 2.85. The van der Waals surface area contributed by atoms with Gasteiger partial charge in [0.25, 0.3) is 0 Å². The first kappa shape index (κ1) is 36.3. The summed E-state index contributed by atoms with van der Waals surface area (Å²) in [6, 6.07) is 22.5. The molecular weight excluding hydrogens is 440 g/mol. The third-order valence-corrected chi connectivity index (χ3v) is 4.17. The summed E-state index contributed by atoms with van der Waals surface area (Å²) in [7, 11) is 4.83. The van der Waals surface area contributed by atoms with Crippen LogP contribution >= 0.6 is 0 Å². The molecule has 3 aromatic rings. The Morgan fingerprint density at radius 3 is 1.34 bits per heavy atom. The number of ether oxygens (including phenoxy) is 3. The predicted octanol–water partition coefficient (Wildman–Crippen LogP) is 6.98. The maximum absolute atomic E-state index is 5.35. The van der Waals surface area contributed by atoms with Crippen molar-refractivity contribution in [1.82, 2.24) is 0 Å². The molecule has 3 aromatic carbocycles. The van der Waals surface area contributed by atoms with E-state index in [1.165, 1.54) is 17.5 Å². The molecule has 5 heteroatoms. The van der Waals surface area contributed by atoms with E-state index in [9.17, 15) is 0 Å². The summed E-state index contributed by atoms with van der Waals surface area (Å²) in [6.45, 7) is 12.4. The molecule has 4 N–H and O–H groups in total. The normalized spacial score (nSPS) is 8.83. The van der Waals surface area contributed by atoms with Crippen LogP contribution in [0.1, 0.15) is 56.4 Å². The van der Waals surface area contributed by atoms with Crippen molar-refractivity contribution in [2.75, 3.05) is 21.3 Å². The molecule has 0 aliphatic rings. The van der Waals surface area contributed by atoms with Crippen molar-refractivity contribution >= 4 is 12.2 Å². The van der Waals surface area contributed by atoms with Crippen LogP contribution in [-0.2, 0) is 0 Å². The van der Waals surface area contributed by atoms with Gasteiger partial charge < -0.3 is 25.2 Å². The first-order valence-electron chi connectivity index (χ1n) is 11.5. The van der Waals surface area contributed by atoms with Gasteiger partial charge >= 0.3 is 0 Å². The summed E-state index contributed by atoms with van der Waals surface area (Å²) >= 11 is 0. The van der Waals surface area contributed by atoms with Gasteiger partial charge in [0.2, 0.25) is 5.75 Å². The first-order valence-corrected chi connectivity index (χ1v) is 11.5. The lowest BCUT2D eigenvalue weighted by atomic mass is 10.1. The lowest BCUT2D eigenvalue weighted by molar-refractivity contribution is 0.324. The molecule has 0 radical (unpaired) electrons. The number of rotatable bonds is 5. The molecule has 0 aromatic heterocycles. The lowest BCUT2D eigenvalue weighted by Crippen LogP contribution is -1.95. The molecule has 0 bridgehead atoms. The van der Waals surface area contributed by atoms with Crippen LogP contribution < -0.4 is 14.2 Å². The molecule has 5 nitrogen and oxygen atoms in total. The highest BCUT2D eigenvalue weighted by Gasteiger charge is 2.11. The number of hydrogen-bond donors (Lipinski definition) is 0.